The summed E-state index contributed by atoms with van der Waals surface area (Å²) in [6, 6.07) is 14.6. The first-order chi connectivity index (χ1) is 19.9. The molecule has 1 aliphatic carbocycles. The van der Waals surface area contributed by atoms with Crippen LogP contribution in [0, 0.1) is 11.7 Å². The van der Waals surface area contributed by atoms with Crippen molar-refractivity contribution >= 4 is 22.7 Å². The highest BCUT2D eigenvalue weighted by atomic mass is 19.1. The highest BCUT2D eigenvalue weighted by molar-refractivity contribution is 5.90. The number of carbonyl (C=O) groups excluding carboxylic acids is 2. The van der Waals surface area contributed by atoms with E-state index < -0.39 is 6.04 Å². The number of nitrogens with zero attached hydrogens (tertiary/aromatic N) is 2. The Morgan fingerprint density at radius 2 is 1.85 bits per heavy atom. The lowest BCUT2D eigenvalue weighted by Gasteiger charge is -2.36. The van der Waals surface area contributed by atoms with Crippen LogP contribution in [0.25, 0.3) is 10.9 Å². The van der Waals surface area contributed by atoms with Crippen molar-refractivity contribution in [3.05, 3.63) is 71.7 Å². The van der Waals surface area contributed by atoms with Crippen molar-refractivity contribution in [2.75, 3.05) is 20.1 Å². The Bertz CT molecular complexity index is 1390. The van der Waals surface area contributed by atoms with Crippen LogP contribution in [0.4, 0.5) is 4.39 Å². The van der Waals surface area contributed by atoms with E-state index in [-0.39, 0.29) is 47.6 Å². The molecular formula is C33H42FN5O2. The van der Waals surface area contributed by atoms with Crippen LogP contribution in [-0.4, -0.2) is 65.6 Å². The molecule has 1 saturated carbocycles. The van der Waals surface area contributed by atoms with Gasteiger partial charge in [-0.15, -0.1) is 0 Å². The molecule has 3 heterocycles. The average molecular weight is 560 g/mol. The van der Waals surface area contributed by atoms with Gasteiger partial charge in [-0.3, -0.25) is 9.59 Å². The van der Waals surface area contributed by atoms with Crippen LogP contribution in [0.1, 0.15) is 62.5 Å². The van der Waals surface area contributed by atoms with E-state index >= 15 is 0 Å². The molecule has 0 bridgehead atoms. The molecule has 5 atom stereocenters. The van der Waals surface area contributed by atoms with E-state index in [0.717, 1.165) is 60.7 Å². The molecule has 7 nitrogen and oxygen atoms in total. The van der Waals surface area contributed by atoms with E-state index in [9.17, 15) is 14.0 Å². The van der Waals surface area contributed by atoms with Crippen LogP contribution in [0.2, 0.25) is 0 Å². The molecule has 2 aliphatic heterocycles. The van der Waals surface area contributed by atoms with Crippen LogP contribution in [0.3, 0.4) is 0 Å². The molecule has 41 heavy (non-hydrogen) atoms. The van der Waals surface area contributed by atoms with Crippen molar-refractivity contribution in [1.29, 1.82) is 0 Å². The number of hydrogen-bond acceptors (Lipinski definition) is 4. The molecule has 8 heteroatoms. The van der Waals surface area contributed by atoms with Crippen molar-refractivity contribution in [3.63, 3.8) is 0 Å². The summed E-state index contributed by atoms with van der Waals surface area (Å²) in [6.07, 6.45) is 8.37. The quantitative estimate of drug-likeness (QED) is 0.388. The molecule has 1 aromatic heterocycles. The number of hydrogen-bond donors (Lipinski definition) is 3. The third kappa shape index (κ3) is 5.52. The number of aromatic nitrogens is 1. The zero-order valence-corrected chi connectivity index (χ0v) is 24.1. The summed E-state index contributed by atoms with van der Waals surface area (Å²) in [4.78, 5) is 29.4. The Hall–Kier alpha value is -3.23. The molecule has 0 spiro atoms. The fourth-order valence-corrected chi connectivity index (χ4v) is 7.42. The maximum Gasteiger partial charge on any atom is 0.245 e. The van der Waals surface area contributed by atoms with E-state index in [0.29, 0.717) is 13.1 Å². The Morgan fingerprint density at radius 1 is 1.07 bits per heavy atom. The second-order valence-corrected chi connectivity index (χ2v) is 12.2. The summed E-state index contributed by atoms with van der Waals surface area (Å²) in [5, 5.41) is 10.9. The lowest BCUT2D eigenvalue weighted by atomic mass is 9.82. The van der Waals surface area contributed by atoms with Gasteiger partial charge < -0.3 is 25.4 Å². The van der Waals surface area contributed by atoms with Gasteiger partial charge in [-0.1, -0.05) is 49.6 Å². The van der Waals surface area contributed by atoms with Gasteiger partial charge in [0.15, 0.2) is 0 Å². The van der Waals surface area contributed by atoms with Crippen LogP contribution in [0.5, 0.6) is 0 Å². The lowest BCUT2D eigenvalue weighted by Crippen LogP contribution is -2.57. The number of likely N-dealkylation sites (N-methyl/N-ethyl adjacent to an activating group) is 1. The van der Waals surface area contributed by atoms with Gasteiger partial charge in [0, 0.05) is 43.2 Å². The molecule has 5 unspecified atom stereocenters. The molecule has 3 aromatic rings. The molecule has 3 fully saturated rings. The second-order valence-electron chi connectivity index (χ2n) is 12.2. The van der Waals surface area contributed by atoms with Crippen molar-refractivity contribution in [2.24, 2.45) is 5.92 Å². The second kappa shape index (κ2) is 11.9. The predicted octanol–water partition coefficient (Wildman–Crippen LogP) is 4.16. The first kappa shape index (κ1) is 27.9. The van der Waals surface area contributed by atoms with Crippen molar-refractivity contribution in [2.45, 2.75) is 82.1 Å². The van der Waals surface area contributed by atoms with Crippen LogP contribution < -0.4 is 16.0 Å². The molecular weight excluding hydrogens is 517 g/mol. The topological polar surface area (TPSA) is 78.4 Å². The van der Waals surface area contributed by atoms with Crippen LogP contribution in [0.15, 0.2) is 54.7 Å². The normalized spacial score (nSPS) is 24.4. The number of benzene rings is 2. The summed E-state index contributed by atoms with van der Waals surface area (Å²) in [7, 11) is 1.77. The van der Waals surface area contributed by atoms with Crippen molar-refractivity contribution in [3.8, 4) is 0 Å². The molecule has 2 aromatic carbocycles. The maximum atomic E-state index is 14.5. The smallest absolute Gasteiger partial charge is 0.245 e. The molecule has 2 amide bonds. The third-order valence-electron chi connectivity index (χ3n) is 9.73. The minimum Gasteiger partial charge on any atom is -0.343 e. The molecule has 3 aliphatic rings. The number of halogens is 1. The van der Waals surface area contributed by atoms with E-state index in [1.54, 1.807) is 13.1 Å². The summed E-state index contributed by atoms with van der Waals surface area (Å²) in [5.74, 6) is -0.0891. The van der Waals surface area contributed by atoms with Crippen molar-refractivity contribution < 1.29 is 14.0 Å². The number of carbonyl (C=O) groups is 2. The van der Waals surface area contributed by atoms with Gasteiger partial charge >= 0.3 is 0 Å². The minimum atomic E-state index is -0.507. The highest BCUT2D eigenvalue weighted by Crippen LogP contribution is 2.41. The molecule has 0 radical (unpaired) electrons. The summed E-state index contributed by atoms with van der Waals surface area (Å²) in [6.45, 7) is 3.92. The molecule has 2 saturated heterocycles. The SMILES string of the molecule is CNC(C)C(=O)NC(C(=O)N1CCC2NCC(c3cn(Cc4ccccc4)c4cc(F)ccc34)C21)C1CCCCC1. The number of rotatable bonds is 8. The Kier molecular flexibility index (Phi) is 8.13. The number of amides is 2. The lowest BCUT2D eigenvalue weighted by molar-refractivity contribution is -0.139. The van der Waals surface area contributed by atoms with Gasteiger partial charge in [-0.05, 0) is 68.5 Å². The van der Waals surface area contributed by atoms with Gasteiger partial charge in [0.1, 0.15) is 11.9 Å². The fraction of sp³-hybridized carbons (Fsp3) is 0.515. The largest absolute Gasteiger partial charge is 0.343 e. The van der Waals surface area contributed by atoms with E-state index in [1.165, 1.54) is 12.5 Å². The predicted molar refractivity (Wildman–Crippen MR) is 159 cm³/mol. The minimum absolute atomic E-state index is 0.00644. The number of nitrogens with one attached hydrogen (secondary N) is 3. The first-order valence-corrected chi connectivity index (χ1v) is 15.3. The Balaban J connectivity index is 1.32. The maximum absolute atomic E-state index is 14.5. The number of fused-ring (bicyclic) bond motifs is 2. The van der Waals surface area contributed by atoms with Crippen LogP contribution >= 0.6 is 0 Å². The average Bonchev–Trinajstić information content (AvgIpc) is 3.70. The summed E-state index contributed by atoms with van der Waals surface area (Å²) < 4.78 is 16.6. The fourth-order valence-electron chi connectivity index (χ4n) is 7.42. The zero-order valence-electron chi connectivity index (χ0n) is 24.1. The van der Waals surface area contributed by atoms with E-state index in [4.69, 9.17) is 0 Å². The molecule has 218 valence electrons. The van der Waals surface area contributed by atoms with Gasteiger partial charge in [0.25, 0.3) is 0 Å². The molecule has 6 rings (SSSR count). The molecule has 3 N–H and O–H groups in total. The van der Waals surface area contributed by atoms with E-state index in [1.807, 2.05) is 31.2 Å². The van der Waals surface area contributed by atoms with Crippen LogP contribution in [-0.2, 0) is 16.1 Å². The Morgan fingerprint density at radius 3 is 2.61 bits per heavy atom. The monoisotopic (exact) mass is 559 g/mol. The van der Waals surface area contributed by atoms with Gasteiger partial charge in [0.2, 0.25) is 11.8 Å². The number of likely N-dealkylation sites (tertiary alicyclic amines) is 1. The zero-order chi connectivity index (χ0) is 28.5. The van der Waals surface area contributed by atoms with Gasteiger partial charge in [-0.25, -0.2) is 4.39 Å². The van der Waals surface area contributed by atoms with Gasteiger partial charge in [-0.2, -0.15) is 0 Å². The van der Waals surface area contributed by atoms with E-state index in [2.05, 4.69) is 43.7 Å². The standard InChI is InChI=1S/C33H42FN5O2/c1-21(35-2)32(40)37-30(23-11-7-4-8-12-23)33(41)39-16-15-28-31(39)26(18-36-28)27-20-38(19-22-9-5-3-6-10-22)29-17-24(34)13-14-25(27)29/h3,5-6,9-10,13-14,17,20-21,23,26,28,30-31,35-36H,4,7-8,11-12,15-16,18-19H2,1-2H3,(H,37,40). The highest BCUT2D eigenvalue weighted by Gasteiger charge is 2.49. The Labute approximate surface area is 241 Å². The van der Waals surface area contributed by atoms with Crippen molar-refractivity contribution in [1.82, 2.24) is 25.4 Å². The van der Waals surface area contributed by atoms with Gasteiger partial charge in [0.05, 0.1) is 17.6 Å². The first-order valence-electron chi connectivity index (χ1n) is 15.3. The summed E-state index contributed by atoms with van der Waals surface area (Å²) >= 11 is 0. The summed E-state index contributed by atoms with van der Waals surface area (Å²) in [5.41, 5.74) is 3.18. The third-order valence-corrected chi connectivity index (χ3v) is 9.73.